The molecule has 39 heavy (non-hydrogen) atoms. The quantitative estimate of drug-likeness (QED) is 0.264. The summed E-state index contributed by atoms with van der Waals surface area (Å²) in [6, 6.07) is 4.19. The van der Waals surface area contributed by atoms with Gasteiger partial charge in [0, 0.05) is 23.5 Å². The fourth-order valence-electron chi connectivity index (χ4n) is 6.31. The van der Waals surface area contributed by atoms with Gasteiger partial charge in [0.25, 0.3) is 0 Å². The summed E-state index contributed by atoms with van der Waals surface area (Å²) in [6.07, 6.45) is 2.43. The molecular weight excluding hydrogens is 522 g/mol. The van der Waals surface area contributed by atoms with Crippen molar-refractivity contribution in [3.05, 3.63) is 53.6 Å². The number of hydrogen-bond donors (Lipinski definition) is 0. The summed E-state index contributed by atoms with van der Waals surface area (Å²) in [5, 5.41) is 0. The monoisotopic (exact) mass is 556 g/mol. The van der Waals surface area contributed by atoms with Gasteiger partial charge in [0.2, 0.25) is 0 Å². The Hall–Kier alpha value is -2.26. The van der Waals surface area contributed by atoms with Crippen molar-refractivity contribution in [2.24, 2.45) is 29.6 Å². The topological polar surface area (TPSA) is 27.7 Å². The fourth-order valence-corrected chi connectivity index (χ4v) is 6.31. The normalized spacial score (nSPS) is 30.2. The molecule has 9 heteroatoms. The van der Waals surface area contributed by atoms with Gasteiger partial charge in [-0.05, 0) is 80.2 Å². The molecule has 0 spiro atoms. The Labute approximate surface area is 224 Å². The molecule has 0 N–H and O–H groups in total. The third kappa shape index (κ3) is 6.40. The molecular formula is C30H34F6O3. The molecule has 5 rings (SSSR count). The molecule has 0 aromatic heterocycles. The maximum Gasteiger partial charge on any atom is 0.400 e. The summed E-state index contributed by atoms with van der Waals surface area (Å²) in [7, 11) is 0. The molecule has 2 saturated carbocycles. The molecule has 3 nitrogen and oxygen atoms in total. The van der Waals surface area contributed by atoms with Gasteiger partial charge in [-0.3, -0.25) is 0 Å². The zero-order valence-corrected chi connectivity index (χ0v) is 21.9. The molecule has 2 aromatic carbocycles. The van der Waals surface area contributed by atoms with Gasteiger partial charge in [-0.1, -0.05) is 19.8 Å². The second-order valence-corrected chi connectivity index (χ2v) is 11.5. The Kier molecular flexibility index (Phi) is 8.48. The molecule has 1 saturated heterocycles. The van der Waals surface area contributed by atoms with Crippen LogP contribution >= 0.6 is 0 Å². The summed E-state index contributed by atoms with van der Waals surface area (Å²) in [6.45, 7) is 3.60. The van der Waals surface area contributed by atoms with Gasteiger partial charge in [0.15, 0.2) is 23.7 Å². The van der Waals surface area contributed by atoms with Crippen LogP contribution in [0.2, 0.25) is 0 Å². The Morgan fingerprint density at radius 3 is 1.90 bits per heavy atom. The summed E-state index contributed by atoms with van der Waals surface area (Å²) in [5.74, 6) is -5.26. The fraction of sp³-hybridized carbons (Fsp3) is 0.600. The van der Waals surface area contributed by atoms with Crippen molar-refractivity contribution >= 4 is 0 Å². The first-order valence-corrected chi connectivity index (χ1v) is 13.8. The van der Waals surface area contributed by atoms with Crippen LogP contribution < -0.4 is 4.74 Å². The van der Waals surface area contributed by atoms with Crippen LogP contribution in [0.1, 0.15) is 58.3 Å². The first-order chi connectivity index (χ1) is 18.6. The van der Waals surface area contributed by atoms with Crippen LogP contribution in [0.5, 0.6) is 5.75 Å². The van der Waals surface area contributed by atoms with E-state index < -0.39 is 41.0 Å². The highest BCUT2D eigenvalue weighted by molar-refractivity contribution is 5.65. The van der Waals surface area contributed by atoms with E-state index in [9.17, 15) is 17.6 Å². The number of ether oxygens (including phenoxy) is 3. The van der Waals surface area contributed by atoms with Crippen molar-refractivity contribution in [3.8, 4) is 16.9 Å². The van der Waals surface area contributed by atoms with Gasteiger partial charge in [-0.25, -0.2) is 17.6 Å². The first-order valence-electron chi connectivity index (χ1n) is 13.8. The third-order valence-corrected chi connectivity index (χ3v) is 8.80. The maximum atomic E-state index is 15.0. The van der Waals surface area contributed by atoms with Crippen LogP contribution in [-0.4, -0.2) is 25.6 Å². The van der Waals surface area contributed by atoms with Crippen molar-refractivity contribution in [3.63, 3.8) is 0 Å². The van der Waals surface area contributed by atoms with E-state index >= 15 is 8.78 Å². The Balaban J connectivity index is 1.13. The second-order valence-electron chi connectivity index (χ2n) is 11.5. The molecule has 1 heterocycles. The molecule has 0 unspecified atom stereocenters. The second kappa shape index (κ2) is 11.7. The van der Waals surface area contributed by atoms with E-state index in [1.54, 1.807) is 0 Å². The SMILES string of the molecule is CC1CCC(C2COC(C3CCC(C(F)(F)Oc4ccc(-c5cc(F)c(F)c(F)c5)c(F)c4)CC3)OC2)CC1. The Morgan fingerprint density at radius 1 is 0.718 bits per heavy atom. The standard InChI is InChI=1S/C30H34F6O3/c1-17-2-4-18(5-3-17)21-15-37-29(38-16-21)19-6-8-22(9-7-19)30(35,36)39-23-10-11-24(25(31)14-23)20-12-26(32)28(34)27(33)13-20/h10-14,17-19,21-22,29H,2-9,15-16H2,1H3. The largest absolute Gasteiger partial charge is 0.432 e. The minimum absolute atomic E-state index is 0.0395. The lowest BCUT2D eigenvalue weighted by Crippen LogP contribution is -2.43. The third-order valence-electron chi connectivity index (χ3n) is 8.80. The molecule has 214 valence electrons. The van der Waals surface area contributed by atoms with Gasteiger partial charge in [0.1, 0.15) is 11.6 Å². The minimum atomic E-state index is -3.54. The molecule has 3 aliphatic rings. The molecule has 3 fully saturated rings. The zero-order valence-electron chi connectivity index (χ0n) is 21.9. The van der Waals surface area contributed by atoms with Crippen LogP contribution in [0.25, 0.3) is 11.1 Å². The smallest absolute Gasteiger partial charge is 0.400 e. The van der Waals surface area contributed by atoms with Gasteiger partial charge >= 0.3 is 6.11 Å². The van der Waals surface area contributed by atoms with Gasteiger partial charge in [0.05, 0.1) is 19.1 Å². The average molecular weight is 557 g/mol. The van der Waals surface area contributed by atoms with E-state index in [0.29, 0.717) is 50.0 Å². The van der Waals surface area contributed by atoms with Crippen molar-refractivity contribution < 1.29 is 40.6 Å². The summed E-state index contributed by atoms with van der Waals surface area (Å²) in [4.78, 5) is 0. The van der Waals surface area contributed by atoms with Crippen LogP contribution in [0.3, 0.4) is 0 Å². The van der Waals surface area contributed by atoms with E-state index in [1.165, 1.54) is 25.7 Å². The zero-order chi connectivity index (χ0) is 27.7. The van der Waals surface area contributed by atoms with E-state index in [4.69, 9.17) is 14.2 Å². The Morgan fingerprint density at radius 2 is 1.31 bits per heavy atom. The lowest BCUT2D eigenvalue weighted by Gasteiger charge is -2.41. The molecule has 0 radical (unpaired) electrons. The minimum Gasteiger partial charge on any atom is -0.432 e. The van der Waals surface area contributed by atoms with Gasteiger partial charge in [-0.15, -0.1) is 0 Å². The predicted octanol–water partition coefficient (Wildman–Crippen LogP) is 8.50. The average Bonchev–Trinajstić information content (AvgIpc) is 2.92. The molecule has 0 atom stereocenters. The molecule has 2 aliphatic carbocycles. The van der Waals surface area contributed by atoms with Crippen molar-refractivity contribution in [1.82, 2.24) is 0 Å². The molecule has 0 amide bonds. The van der Waals surface area contributed by atoms with Crippen LogP contribution in [0.15, 0.2) is 30.3 Å². The number of halogens is 6. The van der Waals surface area contributed by atoms with E-state index in [1.807, 2.05) is 0 Å². The predicted molar refractivity (Wildman–Crippen MR) is 133 cm³/mol. The van der Waals surface area contributed by atoms with Crippen LogP contribution in [-0.2, 0) is 9.47 Å². The maximum absolute atomic E-state index is 15.0. The number of rotatable bonds is 6. The molecule has 0 bridgehead atoms. The first kappa shape index (κ1) is 28.3. The Bertz CT molecular complexity index is 1110. The highest BCUT2D eigenvalue weighted by Crippen LogP contribution is 2.43. The van der Waals surface area contributed by atoms with E-state index in [-0.39, 0.29) is 36.2 Å². The van der Waals surface area contributed by atoms with Crippen LogP contribution in [0.4, 0.5) is 26.3 Å². The van der Waals surface area contributed by atoms with Crippen molar-refractivity contribution in [1.29, 1.82) is 0 Å². The summed E-state index contributed by atoms with van der Waals surface area (Å²) < 4.78 is 102. The summed E-state index contributed by atoms with van der Waals surface area (Å²) >= 11 is 0. The summed E-state index contributed by atoms with van der Waals surface area (Å²) in [5.41, 5.74) is -0.524. The van der Waals surface area contributed by atoms with Gasteiger partial charge < -0.3 is 14.2 Å². The number of hydrogen-bond acceptors (Lipinski definition) is 3. The van der Waals surface area contributed by atoms with E-state index in [0.717, 1.165) is 24.1 Å². The number of alkyl halides is 2. The van der Waals surface area contributed by atoms with Crippen molar-refractivity contribution in [2.45, 2.75) is 70.7 Å². The van der Waals surface area contributed by atoms with Crippen molar-refractivity contribution in [2.75, 3.05) is 13.2 Å². The van der Waals surface area contributed by atoms with Gasteiger partial charge in [-0.2, -0.15) is 8.78 Å². The highest BCUT2D eigenvalue weighted by Gasteiger charge is 2.46. The molecule has 1 aliphatic heterocycles. The lowest BCUT2D eigenvalue weighted by atomic mass is 9.76. The highest BCUT2D eigenvalue weighted by atomic mass is 19.3. The van der Waals surface area contributed by atoms with Crippen LogP contribution in [0, 0.1) is 52.9 Å². The lowest BCUT2D eigenvalue weighted by molar-refractivity contribution is -0.251. The number of benzene rings is 2. The van der Waals surface area contributed by atoms with E-state index in [2.05, 4.69) is 6.92 Å². The molecule has 2 aromatic rings.